The molecule has 1 N–H and O–H groups in total. The molecule has 0 aliphatic heterocycles. The van der Waals surface area contributed by atoms with Gasteiger partial charge in [0.1, 0.15) is 12.4 Å². The third-order valence-electron chi connectivity index (χ3n) is 3.86. The molecule has 0 spiro atoms. The normalized spacial score (nSPS) is 11.0. The molecule has 0 bridgehead atoms. The summed E-state index contributed by atoms with van der Waals surface area (Å²) in [5.41, 5.74) is 1.84. The van der Waals surface area contributed by atoms with E-state index in [2.05, 4.69) is 10.3 Å². The average molecular weight is 330 g/mol. The topological polar surface area (TPSA) is 67.2 Å². The minimum Gasteiger partial charge on any atom is -0.352 e. The monoisotopic (exact) mass is 330 g/mol. The number of likely N-dealkylation sites (N-methyl/N-ethyl adjacent to an activating group) is 1. The number of rotatable bonds is 7. The third kappa shape index (κ3) is 4.13. The zero-order chi connectivity index (χ0) is 17.7. The van der Waals surface area contributed by atoms with Gasteiger partial charge in [-0.3, -0.25) is 9.59 Å². The van der Waals surface area contributed by atoms with E-state index >= 15 is 0 Å². The van der Waals surface area contributed by atoms with Crippen LogP contribution >= 0.6 is 0 Å². The van der Waals surface area contributed by atoms with Crippen LogP contribution in [-0.4, -0.2) is 45.4 Å². The fourth-order valence-electron chi connectivity index (χ4n) is 2.72. The van der Waals surface area contributed by atoms with E-state index in [-0.39, 0.29) is 30.9 Å². The molecule has 2 aromatic rings. The fraction of sp³-hybridized carbons (Fsp3) is 0.500. The van der Waals surface area contributed by atoms with E-state index in [4.69, 9.17) is 0 Å². The van der Waals surface area contributed by atoms with E-state index < -0.39 is 0 Å². The molecule has 2 rings (SSSR count). The summed E-state index contributed by atoms with van der Waals surface area (Å²) in [6.07, 6.45) is 0.752. The molecule has 24 heavy (non-hydrogen) atoms. The predicted octanol–water partition coefficient (Wildman–Crippen LogP) is 1.97. The smallest absolute Gasteiger partial charge is 0.243 e. The second-order valence-electron chi connectivity index (χ2n) is 6.09. The van der Waals surface area contributed by atoms with Gasteiger partial charge < -0.3 is 14.8 Å². The summed E-state index contributed by atoms with van der Waals surface area (Å²) in [7, 11) is 0. The van der Waals surface area contributed by atoms with E-state index in [9.17, 15) is 9.59 Å². The van der Waals surface area contributed by atoms with Crippen molar-refractivity contribution in [2.75, 3.05) is 13.1 Å². The lowest BCUT2D eigenvalue weighted by Gasteiger charge is -2.22. The maximum atomic E-state index is 12.7. The number of carbonyl (C=O) groups excluding carboxylic acids is 2. The van der Waals surface area contributed by atoms with E-state index in [0.717, 1.165) is 23.3 Å². The number of aryl methyl sites for hydroxylation is 1. The average Bonchev–Trinajstić information content (AvgIpc) is 2.89. The minimum atomic E-state index is -0.133. The van der Waals surface area contributed by atoms with Crippen molar-refractivity contribution in [3.63, 3.8) is 0 Å². The van der Waals surface area contributed by atoms with Crippen LogP contribution in [0.3, 0.4) is 0 Å². The highest BCUT2D eigenvalue weighted by Gasteiger charge is 2.19. The predicted molar refractivity (Wildman–Crippen MR) is 94.6 cm³/mol. The molecule has 6 heteroatoms. The summed E-state index contributed by atoms with van der Waals surface area (Å²) in [4.78, 5) is 30.8. The van der Waals surface area contributed by atoms with Crippen LogP contribution in [0.5, 0.6) is 0 Å². The Morgan fingerprint density at radius 3 is 2.58 bits per heavy atom. The van der Waals surface area contributed by atoms with Gasteiger partial charge in [0.15, 0.2) is 0 Å². The largest absolute Gasteiger partial charge is 0.352 e. The van der Waals surface area contributed by atoms with Crippen molar-refractivity contribution < 1.29 is 9.59 Å². The summed E-state index contributed by atoms with van der Waals surface area (Å²) in [5, 5.41) is 2.82. The Labute approximate surface area is 142 Å². The Balaban J connectivity index is 2.17. The molecule has 0 unspecified atom stereocenters. The Morgan fingerprint density at radius 2 is 1.96 bits per heavy atom. The molecule has 0 atom stereocenters. The summed E-state index contributed by atoms with van der Waals surface area (Å²) >= 11 is 0. The van der Waals surface area contributed by atoms with Crippen molar-refractivity contribution in [3.05, 3.63) is 30.1 Å². The van der Waals surface area contributed by atoms with E-state index in [1.54, 1.807) is 4.90 Å². The molecular formula is C18H26N4O2. The number of amides is 2. The number of nitrogens with one attached hydrogen (secondary N) is 1. The van der Waals surface area contributed by atoms with Crippen LogP contribution in [-0.2, 0) is 22.6 Å². The molecule has 2 amide bonds. The lowest BCUT2D eigenvalue weighted by atomic mass is 10.3. The summed E-state index contributed by atoms with van der Waals surface area (Å²) in [6.45, 7) is 8.50. The van der Waals surface area contributed by atoms with Gasteiger partial charge in [-0.25, -0.2) is 4.98 Å². The van der Waals surface area contributed by atoms with E-state index in [1.807, 2.05) is 56.5 Å². The zero-order valence-electron chi connectivity index (χ0n) is 14.9. The zero-order valence-corrected chi connectivity index (χ0v) is 14.9. The van der Waals surface area contributed by atoms with Gasteiger partial charge in [0, 0.05) is 19.0 Å². The molecule has 0 saturated heterocycles. The highest BCUT2D eigenvalue weighted by Crippen LogP contribution is 2.16. The molecule has 1 aromatic heterocycles. The quantitative estimate of drug-likeness (QED) is 0.844. The summed E-state index contributed by atoms with van der Waals surface area (Å²) < 4.78 is 1.95. The molecule has 1 heterocycles. The molecule has 0 saturated carbocycles. The molecule has 0 aliphatic carbocycles. The van der Waals surface area contributed by atoms with Gasteiger partial charge in [-0.05, 0) is 32.9 Å². The number of imidazole rings is 1. The summed E-state index contributed by atoms with van der Waals surface area (Å²) in [5.74, 6) is 0.674. The van der Waals surface area contributed by atoms with Gasteiger partial charge in [-0.15, -0.1) is 0 Å². The summed E-state index contributed by atoms with van der Waals surface area (Å²) in [6, 6.07) is 7.86. The van der Waals surface area contributed by atoms with Gasteiger partial charge in [0.25, 0.3) is 0 Å². The van der Waals surface area contributed by atoms with Crippen molar-refractivity contribution in [2.24, 2.45) is 0 Å². The molecule has 1 aromatic carbocycles. The molecule has 0 aliphatic rings. The third-order valence-corrected chi connectivity index (χ3v) is 3.86. The molecule has 130 valence electrons. The Kier molecular flexibility index (Phi) is 5.95. The van der Waals surface area contributed by atoms with Crippen molar-refractivity contribution in [1.29, 1.82) is 0 Å². The molecule has 0 fully saturated rings. The standard InChI is InChI=1S/C18H26N4O2/c1-5-16-20-14-9-7-8-10-15(14)22(16)12-18(24)21(6-2)11-17(23)19-13(3)4/h7-10,13H,5-6,11-12H2,1-4H3,(H,19,23). The van der Waals surface area contributed by atoms with Crippen LogP contribution in [0.2, 0.25) is 0 Å². The van der Waals surface area contributed by atoms with Crippen molar-refractivity contribution in [1.82, 2.24) is 19.8 Å². The molecule has 0 radical (unpaired) electrons. The second-order valence-corrected chi connectivity index (χ2v) is 6.09. The number of nitrogens with zero attached hydrogens (tertiary/aromatic N) is 3. The Hall–Kier alpha value is -2.37. The van der Waals surface area contributed by atoms with Gasteiger partial charge in [0.05, 0.1) is 17.6 Å². The first kappa shape index (κ1) is 18.0. The van der Waals surface area contributed by atoms with Crippen LogP contribution in [0, 0.1) is 0 Å². The molecule has 6 nitrogen and oxygen atoms in total. The first-order valence-electron chi connectivity index (χ1n) is 8.47. The van der Waals surface area contributed by atoms with E-state index in [0.29, 0.717) is 6.54 Å². The minimum absolute atomic E-state index is 0.0654. The Morgan fingerprint density at radius 1 is 1.25 bits per heavy atom. The Bertz CT molecular complexity index is 721. The van der Waals surface area contributed by atoms with Crippen LogP contribution in [0.4, 0.5) is 0 Å². The maximum absolute atomic E-state index is 12.7. The SMILES string of the molecule is CCc1nc2ccccc2n1CC(=O)N(CC)CC(=O)NC(C)C. The number of para-hydroxylation sites is 2. The van der Waals surface area contributed by atoms with Crippen molar-refractivity contribution >= 4 is 22.8 Å². The first-order chi connectivity index (χ1) is 11.5. The number of aromatic nitrogens is 2. The highest BCUT2D eigenvalue weighted by molar-refractivity contribution is 5.86. The van der Waals surface area contributed by atoms with Crippen LogP contribution in [0.1, 0.15) is 33.5 Å². The van der Waals surface area contributed by atoms with Crippen molar-refractivity contribution in [3.8, 4) is 0 Å². The maximum Gasteiger partial charge on any atom is 0.243 e. The number of hydrogen-bond acceptors (Lipinski definition) is 3. The highest BCUT2D eigenvalue weighted by atomic mass is 16.2. The van der Waals surface area contributed by atoms with Gasteiger partial charge >= 0.3 is 0 Å². The van der Waals surface area contributed by atoms with Crippen LogP contribution < -0.4 is 5.32 Å². The number of benzene rings is 1. The lowest BCUT2D eigenvalue weighted by Crippen LogP contribution is -2.43. The number of fused-ring (bicyclic) bond motifs is 1. The van der Waals surface area contributed by atoms with Crippen molar-refractivity contribution in [2.45, 2.75) is 46.7 Å². The second kappa shape index (κ2) is 7.95. The van der Waals surface area contributed by atoms with E-state index in [1.165, 1.54) is 0 Å². The fourth-order valence-corrected chi connectivity index (χ4v) is 2.72. The number of hydrogen-bond donors (Lipinski definition) is 1. The van der Waals surface area contributed by atoms with Crippen LogP contribution in [0.15, 0.2) is 24.3 Å². The van der Waals surface area contributed by atoms with Crippen LogP contribution in [0.25, 0.3) is 11.0 Å². The van der Waals surface area contributed by atoms with Gasteiger partial charge in [-0.2, -0.15) is 0 Å². The van der Waals surface area contributed by atoms with Gasteiger partial charge in [-0.1, -0.05) is 19.1 Å². The molecular weight excluding hydrogens is 304 g/mol. The first-order valence-corrected chi connectivity index (χ1v) is 8.47. The number of carbonyl (C=O) groups is 2. The van der Waals surface area contributed by atoms with Gasteiger partial charge in [0.2, 0.25) is 11.8 Å². The lowest BCUT2D eigenvalue weighted by molar-refractivity contribution is -0.136.